The molecule has 3 nitrogen and oxygen atoms in total. The number of ether oxygens (including phenoxy) is 1. The highest BCUT2D eigenvalue weighted by Crippen LogP contribution is 2.30. The topological polar surface area (TPSA) is 15.7 Å². The van der Waals surface area contributed by atoms with Gasteiger partial charge in [0.05, 0.1) is 7.11 Å². The van der Waals surface area contributed by atoms with E-state index in [1.54, 1.807) is 7.11 Å². The van der Waals surface area contributed by atoms with E-state index in [2.05, 4.69) is 55.7 Å². The minimum absolute atomic E-state index is 0.896. The molecule has 0 spiro atoms. The Morgan fingerprint density at radius 1 is 0.789 bits per heavy atom. The second-order valence-electron chi connectivity index (χ2n) is 12.2. The van der Waals surface area contributed by atoms with E-state index in [1.165, 1.54) is 153 Å². The zero-order chi connectivity index (χ0) is 27.4. The summed E-state index contributed by atoms with van der Waals surface area (Å²) in [6.07, 6.45) is 23.2. The monoisotopic (exact) mass is 529 g/mol. The first kappa shape index (κ1) is 33.0. The number of hydrogen-bond acceptors (Lipinski definition) is 3. The van der Waals surface area contributed by atoms with E-state index in [0.717, 1.165) is 17.6 Å². The zero-order valence-electron chi connectivity index (χ0n) is 26.2. The Hall–Kier alpha value is -1.22. The largest absolute Gasteiger partial charge is 0.497 e. The maximum absolute atomic E-state index is 5.43. The van der Waals surface area contributed by atoms with Crippen LogP contribution < -0.4 is 9.64 Å². The molecule has 3 heteroatoms. The number of anilines is 1. The fraction of sp³-hybridized carbons (Fsp3) is 0.829. The fourth-order valence-electron chi connectivity index (χ4n) is 6.35. The van der Waals surface area contributed by atoms with Gasteiger partial charge in [-0.1, -0.05) is 98.3 Å². The third kappa shape index (κ3) is 12.8. The number of nitrogens with zero attached hydrogens (tertiary/aromatic N) is 2. The van der Waals surface area contributed by atoms with Crippen molar-refractivity contribution in [2.75, 3.05) is 44.7 Å². The molecular formula is C35H64N2O. The predicted molar refractivity (Wildman–Crippen MR) is 169 cm³/mol. The van der Waals surface area contributed by atoms with Gasteiger partial charge in [-0.3, -0.25) is 0 Å². The first-order valence-electron chi connectivity index (χ1n) is 16.8. The summed E-state index contributed by atoms with van der Waals surface area (Å²) in [5.41, 5.74) is 2.91. The van der Waals surface area contributed by atoms with E-state index >= 15 is 0 Å². The van der Waals surface area contributed by atoms with Gasteiger partial charge in [0.15, 0.2) is 0 Å². The lowest BCUT2D eigenvalue weighted by Gasteiger charge is -2.31. The van der Waals surface area contributed by atoms with Crippen LogP contribution in [-0.2, 0) is 6.42 Å². The molecule has 0 radical (unpaired) electrons. The molecule has 2 unspecified atom stereocenters. The molecule has 1 aromatic rings. The maximum Gasteiger partial charge on any atom is 0.119 e. The lowest BCUT2D eigenvalue weighted by Crippen LogP contribution is -2.35. The normalized spacial score (nSPS) is 15.1. The molecule has 0 N–H and O–H groups in total. The highest BCUT2D eigenvalue weighted by Gasteiger charge is 2.18. The van der Waals surface area contributed by atoms with Gasteiger partial charge in [0, 0.05) is 31.9 Å². The maximum atomic E-state index is 5.43. The number of aryl methyl sites for hydroxylation is 1. The van der Waals surface area contributed by atoms with E-state index in [-0.39, 0.29) is 0 Å². The van der Waals surface area contributed by atoms with Gasteiger partial charge >= 0.3 is 0 Å². The van der Waals surface area contributed by atoms with Crippen LogP contribution in [0, 0.1) is 11.8 Å². The summed E-state index contributed by atoms with van der Waals surface area (Å²) >= 11 is 0. The molecule has 220 valence electrons. The Labute approximate surface area is 238 Å². The molecule has 0 saturated carbocycles. The number of benzene rings is 1. The fourth-order valence-corrected chi connectivity index (χ4v) is 6.35. The van der Waals surface area contributed by atoms with Gasteiger partial charge in [-0.25, -0.2) is 0 Å². The van der Waals surface area contributed by atoms with Crippen LogP contribution in [0.5, 0.6) is 5.75 Å². The summed E-state index contributed by atoms with van der Waals surface area (Å²) in [6, 6.07) is 6.64. The SMILES string of the molecule is CCCCC(CC)CN(CCCCCCCCCN1CCCc2cc(OC)ccc21)CC(CC)CCCC. The Morgan fingerprint density at radius 2 is 1.39 bits per heavy atom. The van der Waals surface area contributed by atoms with Crippen molar-refractivity contribution in [3.8, 4) is 5.75 Å². The molecular weight excluding hydrogens is 464 g/mol. The Balaban J connectivity index is 1.64. The van der Waals surface area contributed by atoms with Crippen LogP contribution in [0.3, 0.4) is 0 Å². The van der Waals surface area contributed by atoms with Crippen molar-refractivity contribution in [3.63, 3.8) is 0 Å². The predicted octanol–water partition coefficient (Wildman–Crippen LogP) is 9.91. The Morgan fingerprint density at radius 3 is 1.97 bits per heavy atom. The number of hydrogen-bond donors (Lipinski definition) is 0. The van der Waals surface area contributed by atoms with Crippen LogP contribution in [0.2, 0.25) is 0 Å². The Bertz CT molecular complexity index is 687. The van der Waals surface area contributed by atoms with Gasteiger partial charge < -0.3 is 14.5 Å². The van der Waals surface area contributed by atoms with E-state index in [0.29, 0.717) is 0 Å². The molecule has 1 aliphatic heterocycles. The third-order valence-corrected chi connectivity index (χ3v) is 9.02. The van der Waals surface area contributed by atoms with Gasteiger partial charge in [0.2, 0.25) is 0 Å². The van der Waals surface area contributed by atoms with Gasteiger partial charge in [-0.05, 0) is 80.7 Å². The minimum Gasteiger partial charge on any atom is -0.497 e. The highest BCUT2D eigenvalue weighted by atomic mass is 16.5. The van der Waals surface area contributed by atoms with Crippen LogP contribution in [0.4, 0.5) is 5.69 Å². The smallest absolute Gasteiger partial charge is 0.119 e. The third-order valence-electron chi connectivity index (χ3n) is 9.02. The van der Waals surface area contributed by atoms with Gasteiger partial charge in [-0.2, -0.15) is 0 Å². The quantitative estimate of drug-likeness (QED) is 0.131. The molecule has 0 saturated heterocycles. The van der Waals surface area contributed by atoms with E-state index in [9.17, 15) is 0 Å². The first-order chi connectivity index (χ1) is 18.6. The van der Waals surface area contributed by atoms with Crippen LogP contribution >= 0.6 is 0 Å². The molecule has 1 heterocycles. The zero-order valence-corrected chi connectivity index (χ0v) is 26.2. The van der Waals surface area contributed by atoms with Crippen LogP contribution in [0.1, 0.15) is 136 Å². The lowest BCUT2D eigenvalue weighted by atomic mass is 9.95. The summed E-state index contributed by atoms with van der Waals surface area (Å²) in [5.74, 6) is 2.79. The standard InChI is InChI=1S/C35H64N2O/c1-6-10-20-31(8-3)29-36(30-32(9-4)21-11-7-2)25-17-15-13-12-14-16-18-26-37-27-19-22-33-28-34(38-5)23-24-35(33)37/h23-24,28,31-32H,6-22,25-27,29-30H2,1-5H3. The van der Waals surface area contributed by atoms with Gasteiger partial charge in [0.25, 0.3) is 0 Å². The summed E-state index contributed by atoms with van der Waals surface area (Å²) in [7, 11) is 1.77. The molecule has 0 bridgehead atoms. The first-order valence-corrected chi connectivity index (χ1v) is 16.8. The molecule has 0 aromatic heterocycles. The van der Waals surface area contributed by atoms with E-state index < -0.39 is 0 Å². The average Bonchev–Trinajstić information content (AvgIpc) is 2.95. The van der Waals surface area contributed by atoms with E-state index in [4.69, 9.17) is 4.74 Å². The number of unbranched alkanes of at least 4 members (excludes halogenated alkanes) is 8. The van der Waals surface area contributed by atoms with Crippen LogP contribution in [-0.4, -0.2) is 44.7 Å². The van der Waals surface area contributed by atoms with Crippen molar-refractivity contribution in [3.05, 3.63) is 23.8 Å². The van der Waals surface area contributed by atoms with Crippen molar-refractivity contribution in [1.82, 2.24) is 4.90 Å². The second-order valence-corrected chi connectivity index (χ2v) is 12.2. The Kier molecular flexibility index (Phi) is 17.9. The van der Waals surface area contributed by atoms with Crippen LogP contribution in [0.25, 0.3) is 0 Å². The molecule has 2 rings (SSSR count). The number of rotatable bonds is 23. The van der Waals surface area contributed by atoms with Crippen molar-refractivity contribution >= 4 is 5.69 Å². The summed E-state index contributed by atoms with van der Waals surface area (Å²) in [6.45, 7) is 15.9. The van der Waals surface area contributed by atoms with Crippen molar-refractivity contribution in [2.45, 2.75) is 137 Å². The minimum atomic E-state index is 0.896. The molecule has 1 aliphatic rings. The summed E-state index contributed by atoms with van der Waals surface area (Å²) in [4.78, 5) is 5.49. The number of fused-ring (bicyclic) bond motifs is 1. The number of methoxy groups -OCH3 is 1. The lowest BCUT2D eigenvalue weighted by molar-refractivity contribution is 0.178. The molecule has 0 fully saturated rings. The van der Waals surface area contributed by atoms with Crippen molar-refractivity contribution < 1.29 is 4.74 Å². The molecule has 2 atom stereocenters. The van der Waals surface area contributed by atoms with Crippen molar-refractivity contribution in [2.24, 2.45) is 11.8 Å². The summed E-state index contributed by atoms with van der Waals surface area (Å²) < 4.78 is 5.43. The molecule has 38 heavy (non-hydrogen) atoms. The molecule has 0 amide bonds. The van der Waals surface area contributed by atoms with Crippen molar-refractivity contribution in [1.29, 1.82) is 0 Å². The average molecular weight is 529 g/mol. The molecule has 0 aliphatic carbocycles. The second kappa shape index (κ2) is 20.7. The summed E-state index contributed by atoms with van der Waals surface area (Å²) in [5, 5.41) is 0. The van der Waals surface area contributed by atoms with Gasteiger partial charge in [0.1, 0.15) is 5.75 Å². The van der Waals surface area contributed by atoms with Gasteiger partial charge in [-0.15, -0.1) is 0 Å². The van der Waals surface area contributed by atoms with Crippen LogP contribution in [0.15, 0.2) is 18.2 Å². The highest BCUT2D eigenvalue weighted by molar-refractivity contribution is 5.58. The molecule has 1 aromatic carbocycles. The van der Waals surface area contributed by atoms with E-state index in [1.807, 2.05) is 0 Å².